The van der Waals surface area contributed by atoms with Crippen molar-refractivity contribution in [1.29, 1.82) is 0 Å². The number of aliphatic carboxylic acids is 4. The molecule has 1 aliphatic heterocycles. The first-order valence-electron chi connectivity index (χ1n) is 6.83. The molecule has 1 rings (SSSR count). The summed E-state index contributed by atoms with van der Waals surface area (Å²) >= 11 is 0. The maximum absolute atomic E-state index is 10.6. The fourth-order valence-corrected chi connectivity index (χ4v) is 1.89. The monoisotopic (exact) mass is 424 g/mol. The van der Waals surface area contributed by atoms with Gasteiger partial charge in [-0.05, 0) is 0 Å². The number of nitrogens with zero attached hydrogens (tertiary/aromatic N) is 2. The van der Waals surface area contributed by atoms with Crippen LogP contribution in [0.3, 0.4) is 0 Å². The van der Waals surface area contributed by atoms with Crippen LogP contribution in [-0.2, 0) is 32.8 Å². The topological polar surface area (TPSA) is 214 Å². The van der Waals surface area contributed by atoms with Gasteiger partial charge in [0.25, 0.3) is 7.82 Å². The molecule has 4 N–H and O–H groups in total. The third-order valence-corrected chi connectivity index (χ3v) is 3.43. The Bertz CT molecular complexity index is 498. The second-order valence-corrected chi connectivity index (χ2v) is 6.23. The van der Waals surface area contributed by atoms with E-state index < -0.39 is 57.9 Å². The van der Waals surface area contributed by atoms with Gasteiger partial charge in [0, 0.05) is 13.1 Å². The summed E-state index contributed by atoms with van der Waals surface area (Å²) in [5, 5.41) is 34.5. The average Bonchev–Trinajstić information content (AvgIpc) is 2.41. The zero-order chi connectivity index (χ0) is 20.3. The Balaban J connectivity index is 0. The zero-order valence-electron chi connectivity index (χ0n) is 14.3. The molecule has 1 heterocycles. The van der Waals surface area contributed by atoms with Gasteiger partial charge in [-0.3, -0.25) is 42.6 Å². The van der Waals surface area contributed by atoms with Crippen LogP contribution in [0.4, 0.5) is 0 Å². The maximum Gasteiger partial charge on any atom is 1.00 e. The first kappa shape index (κ1) is 28.1. The Kier molecular flexibility index (Phi) is 14.6. The number of phosphoric ester groups is 1. The zero-order valence-corrected chi connectivity index (χ0v) is 17.2. The Labute approximate surface area is 175 Å². The first-order valence-corrected chi connectivity index (χ1v) is 8.29. The Morgan fingerprint density at radius 3 is 1.11 bits per heavy atom. The van der Waals surface area contributed by atoms with Crippen LogP contribution in [0.5, 0.6) is 0 Å². The molecule has 27 heavy (non-hydrogen) atoms. The van der Waals surface area contributed by atoms with Crippen LogP contribution in [-0.4, -0.2) is 100 Å². The Hall–Kier alpha value is -1.09. The van der Waals surface area contributed by atoms with E-state index in [9.17, 15) is 28.6 Å². The van der Waals surface area contributed by atoms with Crippen molar-refractivity contribution in [3.05, 3.63) is 0 Å². The van der Waals surface area contributed by atoms with E-state index in [-0.39, 0.29) is 49.4 Å². The fourth-order valence-electron chi connectivity index (χ4n) is 1.61. The summed E-state index contributed by atoms with van der Waals surface area (Å²) in [6.45, 7) is -2.36. The van der Waals surface area contributed by atoms with Gasteiger partial charge in [-0.2, -0.15) is 0 Å². The molecule has 1 aliphatic rings. The molecule has 0 aromatic rings. The van der Waals surface area contributed by atoms with Crippen LogP contribution < -0.4 is 34.5 Å². The maximum atomic E-state index is 10.6. The molecule has 1 saturated heterocycles. The third-order valence-electron chi connectivity index (χ3n) is 2.59. The van der Waals surface area contributed by atoms with Crippen molar-refractivity contribution in [2.24, 2.45) is 0 Å². The van der Waals surface area contributed by atoms with E-state index in [1.165, 1.54) is 0 Å². The fraction of sp³-hybridized carbons (Fsp3) is 0.636. The smallest absolute Gasteiger partial charge is 0.756 e. The van der Waals surface area contributed by atoms with E-state index in [1.807, 2.05) is 0 Å². The van der Waals surface area contributed by atoms with Gasteiger partial charge in [0.2, 0.25) is 0 Å². The molecule has 16 heteroatoms. The van der Waals surface area contributed by atoms with Crippen molar-refractivity contribution in [3.63, 3.8) is 0 Å². The van der Waals surface area contributed by atoms with E-state index in [0.717, 1.165) is 9.80 Å². The molecule has 0 unspecified atom stereocenters. The molecular weight excluding hydrogens is 406 g/mol. The minimum Gasteiger partial charge on any atom is -0.756 e. The van der Waals surface area contributed by atoms with Crippen LogP contribution in [0.15, 0.2) is 0 Å². The number of hydrogen-bond acceptors (Lipinski definition) is 10. The number of hydrogen-bond donors (Lipinski definition) is 4. The molecule has 0 aromatic carbocycles. The largest absolute Gasteiger partial charge is 1.00 e. The van der Waals surface area contributed by atoms with Crippen molar-refractivity contribution in [2.75, 3.05) is 46.1 Å². The number of phosphoric acid groups is 1. The average molecular weight is 424 g/mol. The van der Waals surface area contributed by atoms with Crippen LogP contribution in [0.25, 0.3) is 0 Å². The van der Waals surface area contributed by atoms with E-state index in [4.69, 9.17) is 20.4 Å². The van der Waals surface area contributed by atoms with Gasteiger partial charge in [0.05, 0.1) is 26.2 Å². The molecule has 0 radical (unpaired) electrons. The van der Waals surface area contributed by atoms with Crippen molar-refractivity contribution in [2.45, 2.75) is 0 Å². The van der Waals surface area contributed by atoms with Gasteiger partial charge >= 0.3 is 53.4 Å². The van der Waals surface area contributed by atoms with Crippen molar-refractivity contribution >= 4 is 31.7 Å². The van der Waals surface area contributed by atoms with E-state index in [2.05, 4.69) is 9.05 Å². The van der Waals surface area contributed by atoms with E-state index in [0.29, 0.717) is 0 Å². The van der Waals surface area contributed by atoms with E-state index >= 15 is 0 Å². The van der Waals surface area contributed by atoms with Gasteiger partial charge in [0.15, 0.2) is 6.79 Å². The van der Waals surface area contributed by atoms with Crippen molar-refractivity contribution < 1.29 is 87.7 Å². The molecule has 14 nitrogen and oxygen atoms in total. The summed E-state index contributed by atoms with van der Waals surface area (Å²) in [6.07, 6.45) is 0. The number of carboxylic acids is 4. The molecule has 150 valence electrons. The SMILES string of the molecule is O=C(O)CN(CCN(CC(=O)O)CC(=O)O)CC(=O)O.O=P1([O-])OCO1.[Na+]. The number of rotatable bonds is 11. The quantitative estimate of drug-likeness (QED) is 0.180. The van der Waals surface area contributed by atoms with Crippen molar-refractivity contribution in [1.82, 2.24) is 9.80 Å². The molecule has 0 aliphatic carbocycles. The molecule has 0 aromatic heterocycles. The summed E-state index contributed by atoms with van der Waals surface area (Å²) < 4.78 is 17.5. The standard InChI is InChI=1S/C10H16N2O8.CH3O4P.Na/c13-7(14)3-11(4-8(15)16)1-2-12(5-9(17)18)6-10(19)20;2-6(3)4-1-5-6;/h1-6H2,(H,13,14)(H,15,16)(H,17,18)(H,19,20);1H2,(H,2,3);/q;;+1/p-1. The Morgan fingerprint density at radius 2 is 1.00 bits per heavy atom. The van der Waals surface area contributed by atoms with Gasteiger partial charge in [-0.25, -0.2) is 0 Å². The molecule has 0 amide bonds. The summed E-state index contributed by atoms with van der Waals surface area (Å²) in [6, 6.07) is 0. The van der Waals surface area contributed by atoms with Crippen LogP contribution in [0, 0.1) is 0 Å². The molecule has 0 saturated carbocycles. The van der Waals surface area contributed by atoms with Gasteiger partial charge in [-0.15, -0.1) is 0 Å². The Morgan fingerprint density at radius 1 is 0.778 bits per heavy atom. The minimum atomic E-state index is -3.72. The van der Waals surface area contributed by atoms with Gasteiger partial charge in [0.1, 0.15) is 0 Å². The normalized spacial score (nSPS) is 14.3. The summed E-state index contributed by atoms with van der Waals surface area (Å²) in [4.78, 5) is 54.0. The predicted molar refractivity (Wildman–Crippen MR) is 78.1 cm³/mol. The predicted octanol–water partition coefficient (Wildman–Crippen LogP) is -5.61. The summed E-state index contributed by atoms with van der Waals surface area (Å²) in [7, 11) is -3.72. The number of carbonyl (C=O) groups is 4. The summed E-state index contributed by atoms with van der Waals surface area (Å²) in [5.74, 6) is -4.91. The van der Waals surface area contributed by atoms with E-state index in [1.54, 1.807) is 0 Å². The second kappa shape index (κ2) is 14.0. The number of carboxylic acid groups (broad SMARTS) is 4. The molecule has 0 bridgehead atoms. The second-order valence-electron chi connectivity index (χ2n) is 4.82. The first-order chi connectivity index (χ1) is 11.9. The van der Waals surface area contributed by atoms with Crippen LogP contribution >= 0.6 is 7.82 Å². The molecule has 0 atom stereocenters. The van der Waals surface area contributed by atoms with Crippen LogP contribution in [0.1, 0.15) is 0 Å². The molecular formula is C11H18N2NaO12P. The summed E-state index contributed by atoms with van der Waals surface area (Å²) in [5.41, 5.74) is 0. The molecule has 1 fully saturated rings. The minimum absolute atomic E-state index is 0. The third kappa shape index (κ3) is 16.8. The van der Waals surface area contributed by atoms with Crippen LogP contribution in [0.2, 0.25) is 0 Å². The van der Waals surface area contributed by atoms with Gasteiger partial charge in [-0.1, -0.05) is 0 Å². The molecule has 0 spiro atoms. The van der Waals surface area contributed by atoms with Crippen molar-refractivity contribution in [3.8, 4) is 0 Å². The van der Waals surface area contributed by atoms with Gasteiger partial charge < -0.3 is 25.3 Å².